The zero-order valence-corrected chi connectivity index (χ0v) is 12.9. The predicted molar refractivity (Wildman–Crippen MR) is 81.2 cm³/mol. The van der Waals surface area contributed by atoms with Crippen LogP contribution in [0, 0.1) is 6.92 Å². The van der Waals surface area contributed by atoms with Crippen molar-refractivity contribution in [1.29, 1.82) is 0 Å². The summed E-state index contributed by atoms with van der Waals surface area (Å²) in [7, 11) is 0. The summed E-state index contributed by atoms with van der Waals surface area (Å²) in [5, 5.41) is 13.8. The third-order valence-electron chi connectivity index (χ3n) is 4.16. The van der Waals surface area contributed by atoms with E-state index in [4.69, 9.17) is 0 Å². The molecule has 3 rings (SSSR count). The van der Waals surface area contributed by atoms with Crippen molar-refractivity contribution < 1.29 is 4.79 Å². The average Bonchev–Trinajstić information content (AvgIpc) is 3.19. The molecule has 2 aromatic rings. The number of hydrogen-bond donors (Lipinski definition) is 2. The van der Waals surface area contributed by atoms with Gasteiger partial charge >= 0.3 is 0 Å². The van der Waals surface area contributed by atoms with Crippen molar-refractivity contribution in [3.8, 4) is 0 Å². The number of carbonyl (C=O) groups is 1. The molecular formula is C15H22N6O. The highest BCUT2D eigenvalue weighted by Crippen LogP contribution is 2.25. The molecule has 0 spiro atoms. The first-order valence-electron chi connectivity index (χ1n) is 7.86. The number of carbonyl (C=O) groups excluding carboxylic acids is 1. The molecule has 1 atom stereocenters. The molecule has 7 heteroatoms. The number of nitrogens with zero attached hydrogens (tertiary/aromatic N) is 4. The van der Waals surface area contributed by atoms with E-state index in [1.165, 1.54) is 0 Å². The third-order valence-corrected chi connectivity index (χ3v) is 4.16. The predicted octanol–water partition coefficient (Wildman–Crippen LogP) is 1.57. The van der Waals surface area contributed by atoms with Gasteiger partial charge in [0.25, 0.3) is 0 Å². The van der Waals surface area contributed by atoms with Gasteiger partial charge in [0, 0.05) is 31.6 Å². The number of aryl methyl sites for hydroxylation is 2. The van der Waals surface area contributed by atoms with Gasteiger partial charge in [0.1, 0.15) is 5.82 Å². The zero-order chi connectivity index (χ0) is 15.4. The lowest BCUT2D eigenvalue weighted by Crippen LogP contribution is -2.39. The molecule has 1 aliphatic rings. The monoisotopic (exact) mass is 302 g/mol. The summed E-state index contributed by atoms with van der Waals surface area (Å²) in [4.78, 5) is 18.7. The molecule has 3 heterocycles. The van der Waals surface area contributed by atoms with Gasteiger partial charge in [0.05, 0.1) is 6.20 Å². The fraction of sp³-hybridized carbons (Fsp3) is 0.600. The SMILES string of the molecule is Cc1nc([C@@H]2CCCN(C(=O)CCCc3cn[nH]c3)C2)n[nH]1. The maximum atomic E-state index is 12.4. The van der Waals surface area contributed by atoms with Crippen molar-refractivity contribution in [2.24, 2.45) is 0 Å². The number of H-pyrrole nitrogens is 2. The summed E-state index contributed by atoms with van der Waals surface area (Å²) < 4.78 is 0. The normalized spacial score (nSPS) is 18.6. The van der Waals surface area contributed by atoms with Crippen LogP contribution in [0.4, 0.5) is 0 Å². The largest absolute Gasteiger partial charge is 0.342 e. The molecule has 0 unspecified atom stereocenters. The second kappa shape index (κ2) is 6.72. The number of nitrogens with one attached hydrogen (secondary N) is 2. The molecule has 1 aliphatic heterocycles. The first kappa shape index (κ1) is 14.7. The van der Waals surface area contributed by atoms with Crippen LogP contribution in [0.5, 0.6) is 0 Å². The standard InChI is InChI=1S/C15H22N6O/c1-11-18-15(20-19-11)13-5-3-7-21(10-13)14(22)6-2-4-12-8-16-17-9-12/h8-9,13H,2-7,10H2,1H3,(H,16,17)(H,18,19,20)/t13-/m1/s1. The van der Waals surface area contributed by atoms with Crippen LogP contribution in [-0.4, -0.2) is 49.3 Å². The Morgan fingerprint density at radius 3 is 3.14 bits per heavy atom. The lowest BCUT2D eigenvalue weighted by Gasteiger charge is -2.31. The van der Waals surface area contributed by atoms with Crippen LogP contribution in [0.3, 0.4) is 0 Å². The Hall–Kier alpha value is -2.18. The van der Waals surface area contributed by atoms with E-state index in [2.05, 4.69) is 25.4 Å². The average molecular weight is 302 g/mol. The Labute approximate surface area is 129 Å². The minimum atomic E-state index is 0.237. The van der Waals surface area contributed by atoms with Crippen molar-refractivity contribution in [2.75, 3.05) is 13.1 Å². The van der Waals surface area contributed by atoms with Crippen LogP contribution >= 0.6 is 0 Å². The highest BCUT2D eigenvalue weighted by molar-refractivity contribution is 5.76. The highest BCUT2D eigenvalue weighted by Gasteiger charge is 2.26. The Morgan fingerprint density at radius 1 is 1.50 bits per heavy atom. The topological polar surface area (TPSA) is 90.6 Å². The summed E-state index contributed by atoms with van der Waals surface area (Å²) in [6.45, 7) is 3.49. The molecule has 118 valence electrons. The fourth-order valence-corrected chi connectivity index (χ4v) is 2.97. The molecule has 0 saturated carbocycles. The van der Waals surface area contributed by atoms with Gasteiger partial charge in [-0.25, -0.2) is 4.98 Å². The van der Waals surface area contributed by atoms with E-state index < -0.39 is 0 Å². The molecule has 1 fully saturated rings. The van der Waals surface area contributed by atoms with Crippen molar-refractivity contribution in [2.45, 2.75) is 44.9 Å². The van der Waals surface area contributed by atoms with Crippen molar-refractivity contribution >= 4 is 5.91 Å². The minimum Gasteiger partial charge on any atom is -0.342 e. The second-order valence-corrected chi connectivity index (χ2v) is 5.92. The molecule has 22 heavy (non-hydrogen) atoms. The molecule has 0 aromatic carbocycles. The first-order valence-corrected chi connectivity index (χ1v) is 7.86. The number of amides is 1. The van der Waals surface area contributed by atoms with Gasteiger partial charge in [-0.3, -0.25) is 15.0 Å². The Kier molecular flexibility index (Phi) is 4.50. The molecule has 7 nitrogen and oxygen atoms in total. The zero-order valence-electron chi connectivity index (χ0n) is 12.9. The Bertz CT molecular complexity index is 605. The van der Waals surface area contributed by atoms with E-state index in [0.717, 1.165) is 56.0 Å². The van der Waals surface area contributed by atoms with E-state index in [1.807, 2.05) is 24.2 Å². The first-order chi connectivity index (χ1) is 10.7. The van der Waals surface area contributed by atoms with E-state index in [-0.39, 0.29) is 11.8 Å². The Balaban J connectivity index is 1.49. The molecule has 0 bridgehead atoms. The minimum absolute atomic E-state index is 0.237. The van der Waals surface area contributed by atoms with Gasteiger partial charge < -0.3 is 4.90 Å². The molecular weight excluding hydrogens is 280 g/mol. The van der Waals surface area contributed by atoms with Crippen LogP contribution in [0.15, 0.2) is 12.4 Å². The molecule has 2 aromatic heterocycles. The van der Waals surface area contributed by atoms with Crippen LogP contribution < -0.4 is 0 Å². The highest BCUT2D eigenvalue weighted by atomic mass is 16.2. The van der Waals surface area contributed by atoms with Gasteiger partial charge in [-0.2, -0.15) is 10.2 Å². The Morgan fingerprint density at radius 2 is 2.41 bits per heavy atom. The number of hydrogen-bond acceptors (Lipinski definition) is 4. The lowest BCUT2D eigenvalue weighted by molar-refractivity contribution is -0.132. The van der Waals surface area contributed by atoms with Crippen LogP contribution in [0.1, 0.15) is 48.8 Å². The maximum absolute atomic E-state index is 12.4. The summed E-state index contributed by atoms with van der Waals surface area (Å²) >= 11 is 0. The van der Waals surface area contributed by atoms with E-state index >= 15 is 0 Å². The van der Waals surface area contributed by atoms with Gasteiger partial charge in [-0.05, 0) is 38.2 Å². The molecule has 2 N–H and O–H groups in total. The fourth-order valence-electron chi connectivity index (χ4n) is 2.97. The number of aromatic amines is 2. The van der Waals surface area contributed by atoms with Gasteiger partial charge in [0.2, 0.25) is 5.91 Å². The van der Waals surface area contributed by atoms with Crippen LogP contribution in [0.25, 0.3) is 0 Å². The molecule has 0 radical (unpaired) electrons. The molecule has 0 aliphatic carbocycles. The van der Waals surface area contributed by atoms with Crippen molar-refractivity contribution in [1.82, 2.24) is 30.3 Å². The van der Waals surface area contributed by atoms with Gasteiger partial charge in [-0.15, -0.1) is 0 Å². The second-order valence-electron chi connectivity index (χ2n) is 5.92. The smallest absolute Gasteiger partial charge is 0.222 e. The quantitative estimate of drug-likeness (QED) is 0.877. The number of aromatic nitrogens is 5. The summed E-state index contributed by atoms with van der Waals surface area (Å²) in [6.07, 6.45) is 8.10. The summed E-state index contributed by atoms with van der Waals surface area (Å²) in [5.41, 5.74) is 1.15. The number of piperidine rings is 1. The summed E-state index contributed by atoms with van der Waals surface area (Å²) in [5.74, 6) is 2.17. The van der Waals surface area contributed by atoms with Gasteiger partial charge in [0.15, 0.2) is 5.82 Å². The van der Waals surface area contributed by atoms with Crippen LogP contribution in [0.2, 0.25) is 0 Å². The van der Waals surface area contributed by atoms with E-state index in [9.17, 15) is 4.79 Å². The number of likely N-dealkylation sites (tertiary alicyclic amines) is 1. The molecule has 1 saturated heterocycles. The van der Waals surface area contributed by atoms with Gasteiger partial charge in [-0.1, -0.05) is 0 Å². The van der Waals surface area contributed by atoms with Crippen molar-refractivity contribution in [3.05, 3.63) is 29.6 Å². The van der Waals surface area contributed by atoms with E-state index in [0.29, 0.717) is 6.42 Å². The third kappa shape index (κ3) is 3.52. The van der Waals surface area contributed by atoms with E-state index in [1.54, 1.807) is 0 Å². The number of rotatable bonds is 5. The lowest BCUT2D eigenvalue weighted by atomic mass is 9.97. The van der Waals surface area contributed by atoms with Crippen molar-refractivity contribution in [3.63, 3.8) is 0 Å². The summed E-state index contributed by atoms with van der Waals surface area (Å²) in [6, 6.07) is 0. The maximum Gasteiger partial charge on any atom is 0.222 e. The molecule has 1 amide bonds. The van der Waals surface area contributed by atoms with Crippen LogP contribution in [-0.2, 0) is 11.2 Å².